The SMILES string of the molecule is CCCCCCCCCCCCn1cc(Cl)c(=O)[nH]c1=O. The molecule has 0 bridgehead atoms. The molecule has 1 rings (SSSR count). The lowest BCUT2D eigenvalue weighted by Crippen LogP contribution is -2.29. The third-order valence-corrected chi connectivity index (χ3v) is 3.99. The molecular weight excluding hydrogens is 288 g/mol. The van der Waals surface area contributed by atoms with Crippen molar-refractivity contribution < 1.29 is 0 Å². The van der Waals surface area contributed by atoms with Gasteiger partial charge in [-0.25, -0.2) is 4.79 Å². The minimum absolute atomic E-state index is 0.0710. The monoisotopic (exact) mass is 314 g/mol. The fraction of sp³-hybridized carbons (Fsp3) is 0.750. The predicted molar refractivity (Wildman–Crippen MR) is 88.2 cm³/mol. The Morgan fingerprint density at radius 1 is 0.952 bits per heavy atom. The van der Waals surface area contributed by atoms with Crippen LogP contribution in [0, 0.1) is 0 Å². The molecule has 1 N–H and O–H groups in total. The normalized spacial score (nSPS) is 11.0. The van der Waals surface area contributed by atoms with Crippen LogP contribution in [0.2, 0.25) is 5.02 Å². The van der Waals surface area contributed by atoms with Crippen LogP contribution in [-0.2, 0) is 6.54 Å². The molecule has 120 valence electrons. The molecule has 0 amide bonds. The highest BCUT2D eigenvalue weighted by Gasteiger charge is 2.01. The quantitative estimate of drug-likeness (QED) is 0.625. The fourth-order valence-corrected chi connectivity index (χ4v) is 2.58. The fourth-order valence-electron chi connectivity index (χ4n) is 2.42. The number of unbranched alkanes of at least 4 members (excludes halogenated alkanes) is 9. The van der Waals surface area contributed by atoms with Gasteiger partial charge >= 0.3 is 5.69 Å². The lowest BCUT2D eigenvalue weighted by molar-refractivity contribution is 0.526. The summed E-state index contributed by atoms with van der Waals surface area (Å²) in [4.78, 5) is 24.9. The topological polar surface area (TPSA) is 54.9 Å². The van der Waals surface area contributed by atoms with Crippen molar-refractivity contribution in [1.29, 1.82) is 0 Å². The van der Waals surface area contributed by atoms with Gasteiger partial charge in [-0.05, 0) is 6.42 Å². The van der Waals surface area contributed by atoms with Gasteiger partial charge in [-0.3, -0.25) is 14.3 Å². The predicted octanol–water partition coefficient (Wildman–Crippen LogP) is 4.11. The van der Waals surface area contributed by atoms with Crippen molar-refractivity contribution in [2.24, 2.45) is 0 Å². The van der Waals surface area contributed by atoms with Crippen molar-refractivity contribution in [3.05, 3.63) is 32.1 Å². The van der Waals surface area contributed by atoms with Gasteiger partial charge in [0.1, 0.15) is 5.02 Å². The summed E-state index contributed by atoms with van der Waals surface area (Å²) >= 11 is 5.72. The van der Waals surface area contributed by atoms with Crippen molar-refractivity contribution in [3.63, 3.8) is 0 Å². The Labute approximate surface area is 131 Å². The average molecular weight is 315 g/mol. The molecule has 0 spiro atoms. The minimum atomic E-state index is -0.513. The maximum absolute atomic E-state index is 11.5. The summed E-state index contributed by atoms with van der Waals surface area (Å²) in [7, 11) is 0. The Morgan fingerprint density at radius 3 is 2.05 bits per heavy atom. The van der Waals surface area contributed by atoms with Gasteiger partial charge in [-0.1, -0.05) is 76.3 Å². The Morgan fingerprint density at radius 2 is 1.48 bits per heavy atom. The number of hydrogen-bond acceptors (Lipinski definition) is 2. The van der Waals surface area contributed by atoms with Crippen LogP contribution in [0.4, 0.5) is 0 Å². The third kappa shape index (κ3) is 7.51. The molecule has 0 aromatic carbocycles. The van der Waals surface area contributed by atoms with Gasteiger partial charge in [0.15, 0.2) is 0 Å². The van der Waals surface area contributed by atoms with Crippen LogP contribution in [0.25, 0.3) is 0 Å². The van der Waals surface area contributed by atoms with E-state index in [2.05, 4.69) is 11.9 Å². The molecule has 0 aliphatic rings. The Balaban J connectivity index is 2.08. The van der Waals surface area contributed by atoms with Crippen LogP contribution in [0.15, 0.2) is 15.8 Å². The number of hydrogen-bond donors (Lipinski definition) is 1. The molecular formula is C16H27ClN2O2. The molecule has 1 heterocycles. The van der Waals surface area contributed by atoms with E-state index in [0.29, 0.717) is 6.54 Å². The number of rotatable bonds is 11. The largest absolute Gasteiger partial charge is 0.328 e. The molecule has 0 fully saturated rings. The van der Waals surface area contributed by atoms with Gasteiger partial charge in [0.05, 0.1) is 0 Å². The van der Waals surface area contributed by atoms with E-state index < -0.39 is 5.56 Å². The van der Waals surface area contributed by atoms with Crippen molar-refractivity contribution in [1.82, 2.24) is 9.55 Å². The minimum Gasteiger partial charge on any atom is -0.299 e. The number of aromatic nitrogens is 2. The van der Waals surface area contributed by atoms with Gasteiger partial charge in [0.2, 0.25) is 0 Å². The Bertz CT molecular complexity index is 508. The van der Waals surface area contributed by atoms with Crippen molar-refractivity contribution in [3.8, 4) is 0 Å². The number of H-pyrrole nitrogens is 1. The molecule has 0 aliphatic heterocycles. The average Bonchev–Trinajstić information content (AvgIpc) is 2.46. The number of halogens is 1. The first-order chi connectivity index (χ1) is 10.1. The second-order valence-corrected chi connectivity index (χ2v) is 6.02. The van der Waals surface area contributed by atoms with Crippen molar-refractivity contribution in [2.45, 2.75) is 77.7 Å². The van der Waals surface area contributed by atoms with E-state index >= 15 is 0 Å². The molecule has 1 aromatic heterocycles. The summed E-state index contributed by atoms with van der Waals surface area (Å²) in [6, 6.07) is 0. The van der Waals surface area contributed by atoms with E-state index in [9.17, 15) is 9.59 Å². The van der Waals surface area contributed by atoms with E-state index in [-0.39, 0.29) is 10.7 Å². The third-order valence-electron chi connectivity index (χ3n) is 3.72. The van der Waals surface area contributed by atoms with Crippen LogP contribution in [0.3, 0.4) is 0 Å². The summed E-state index contributed by atoms with van der Waals surface area (Å²) in [5, 5.41) is 0.0710. The molecule has 0 radical (unpaired) electrons. The summed E-state index contributed by atoms with van der Waals surface area (Å²) in [5.74, 6) is 0. The number of aryl methyl sites for hydroxylation is 1. The van der Waals surface area contributed by atoms with Gasteiger partial charge in [-0.15, -0.1) is 0 Å². The van der Waals surface area contributed by atoms with Crippen LogP contribution in [0.5, 0.6) is 0 Å². The van der Waals surface area contributed by atoms with Crippen molar-refractivity contribution in [2.75, 3.05) is 0 Å². The lowest BCUT2D eigenvalue weighted by atomic mass is 10.1. The van der Waals surface area contributed by atoms with Crippen molar-refractivity contribution >= 4 is 11.6 Å². The smallest absolute Gasteiger partial charge is 0.299 e. The molecule has 0 unspecified atom stereocenters. The molecule has 0 saturated heterocycles. The maximum atomic E-state index is 11.5. The zero-order valence-electron chi connectivity index (χ0n) is 13.0. The van der Waals surface area contributed by atoms with Gasteiger partial charge < -0.3 is 0 Å². The molecule has 0 saturated carbocycles. The summed E-state index contributed by atoms with van der Waals surface area (Å²) in [6.45, 7) is 2.85. The first-order valence-corrected chi connectivity index (χ1v) is 8.52. The zero-order valence-corrected chi connectivity index (χ0v) is 13.8. The first kappa shape index (κ1) is 18.0. The van der Waals surface area contributed by atoms with E-state index in [1.807, 2.05) is 0 Å². The molecule has 5 heteroatoms. The highest BCUT2D eigenvalue weighted by Crippen LogP contribution is 2.10. The summed E-state index contributed by atoms with van der Waals surface area (Å²) < 4.78 is 1.48. The highest BCUT2D eigenvalue weighted by atomic mass is 35.5. The second-order valence-electron chi connectivity index (χ2n) is 5.61. The van der Waals surface area contributed by atoms with Gasteiger partial charge in [0, 0.05) is 12.7 Å². The highest BCUT2D eigenvalue weighted by molar-refractivity contribution is 6.30. The molecule has 0 atom stereocenters. The molecule has 4 nitrogen and oxygen atoms in total. The maximum Gasteiger partial charge on any atom is 0.328 e. The number of aromatic amines is 1. The lowest BCUT2D eigenvalue weighted by Gasteiger charge is -2.05. The molecule has 1 aromatic rings. The van der Waals surface area contributed by atoms with Crippen LogP contribution >= 0.6 is 11.6 Å². The Hall–Kier alpha value is -1.03. The zero-order chi connectivity index (χ0) is 15.5. The van der Waals surface area contributed by atoms with E-state index in [4.69, 9.17) is 11.6 Å². The number of nitrogens with zero attached hydrogens (tertiary/aromatic N) is 1. The van der Waals surface area contributed by atoms with Gasteiger partial charge in [0.25, 0.3) is 5.56 Å². The van der Waals surface area contributed by atoms with Crippen LogP contribution in [-0.4, -0.2) is 9.55 Å². The van der Waals surface area contributed by atoms with Gasteiger partial charge in [-0.2, -0.15) is 0 Å². The van der Waals surface area contributed by atoms with Crippen LogP contribution < -0.4 is 11.2 Å². The molecule has 21 heavy (non-hydrogen) atoms. The Kier molecular flexibility index (Phi) is 9.15. The summed E-state index contributed by atoms with van der Waals surface area (Å²) in [6.07, 6.45) is 14.0. The van der Waals surface area contributed by atoms with E-state index in [1.165, 1.54) is 62.1 Å². The van der Waals surface area contributed by atoms with Crippen LogP contribution in [0.1, 0.15) is 71.1 Å². The summed E-state index contributed by atoms with van der Waals surface area (Å²) in [5.41, 5.74) is -0.888. The number of nitrogens with one attached hydrogen (secondary N) is 1. The first-order valence-electron chi connectivity index (χ1n) is 8.14. The standard InChI is InChI=1S/C16H27ClN2O2/c1-2-3-4-5-6-7-8-9-10-11-12-19-13-14(17)15(20)18-16(19)21/h13H,2-12H2,1H3,(H,18,20,21). The van der Waals surface area contributed by atoms with E-state index in [0.717, 1.165) is 12.8 Å². The molecule has 0 aliphatic carbocycles. The van der Waals surface area contributed by atoms with E-state index in [1.54, 1.807) is 0 Å². The second kappa shape index (κ2) is 10.7.